The Hall–Kier alpha value is -2.40. The summed E-state index contributed by atoms with van der Waals surface area (Å²) in [6.07, 6.45) is 1.67. The van der Waals surface area contributed by atoms with Gasteiger partial charge in [-0.2, -0.15) is 0 Å². The van der Waals surface area contributed by atoms with Crippen LogP contribution in [0.25, 0.3) is 0 Å². The summed E-state index contributed by atoms with van der Waals surface area (Å²) in [6.45, 7) is 2.41. The summed E-state index contributed by atoms with van der Waals surface area (Å²) in [5.74, 6) is 0.582. The number of rotatable bonds is 2. The molecular formula is C17H20N4O. The predicted octanol–water partition coefficient (Wildman–Crippen LogP) is 2.60. The van der Waals surface area contributed by atoms with Gasteiger partial charge in [0.05, 0.1) is 6.04 Å². The first-order valence-corrected chi connectivity index (χ1v) is 7.46. The van der Waals surface area contributed by atoms with Crippen LogP contribution >= 0.6 is 0 Å². The molecule has 0 radical (unpaired) electrons. The van der Waals surface area contributed by atoms with Crippen molar-refractivity contribution in [3.8, 4) is 0 Å². The van der Waals surface area contributed by atoms with Crippen LogP contribution in [0.4, 0.5) is 10.6 Å². The molecule has 2 aromatic rings. The van der Waals surface area contributed by atoms with Gasteiger partial charge in [0.1, 0.15) is 5.82 Å². The number of carbonyl (C=O) groups is 1. The molecule has 2 amide bonds. The maximum atomic E-state index is 12.6. The number of urea groups is 1. The number of anilines is 1. The fourth-order valence-electron chi connectivity index (χ4n) is 2.74. The lowest BCUT2D eigenvalue weighted by Crippen LogP contribution is -2.50. The van der Waals surface area contributed by atoms with Gasteiger partial charge in [0.15, 0.2) is 0 Å². The van der Waals surface area contributed by atoms with Gasteiger partial charge in [-0.1, -0.05) is 36.4 Å². The molecule has 2 heterocycles. The number of hydrogen-bond acceptors (Lipinski definition) is 3. The predicted molar refractivity (Wildman–Crippen MR) is 86.6 cm³/mol. The molecule has 1 fully saturated rings. The van der Waals surface area contributed by atoms with Gasteiger partial charge in [-0.05, 0) is 24.7 Å². The fraction of sp³-hybridized carbons (Fsp3) is 0.294. The number of likely N-dealkylation sites (N-methyl/N-ethyl adjacent to an activating group) is 1. The Morgan fingerprint density at radius 3 is 2.64 bits per heavy atom. The van der Waals surface area contributed by atoms with Gasteiger partial charge in [0.25, 0.3) is 0 Å². The lowest BCUT2D eigenvalue weighted by Gasteiger charge is -2.40. The van der Waals surface area contributed by atoms with Crippen molar-refractivity contribution >= 4 is 11.8 Å². The van der Waals surface area contributed by atoms with Crippen LogP contribution in [-0.4, -0.2) is 47.5 Å². The van der Waals surface area contributed by atoms with Gasteiger partial charge >= 0.3 is 6.03 Å². The van der Waals surface area contributed by atoms with Crippen LogP contribution < -0.4 is 5.32 Å². The zero-order valence-corrected chi connectivity index (χ0v) is 12.6. The maximum Gasteiger partial charge on any atom is 0.323 e. The molecule has 5 heteroatoms. The zero-order valence-electron chi connectivity index (χ0n) is 12.6. The highest BCUT2D eigenvalue weighted by atomic mass is 16.2. The topological polar surface area (TPSA) is 48.5 Å². The lowest BCUT2D eigenvalue weighted by atomic mass is 10.0. The molecule has 0 bridgehead atoms. The summed E-state index contributed by atoms with van der Waals surface area (Å²) in [7, 11) is 2.09. The van der Waals surface area contributed by atoms with Gasteiger partial charge in [0.2, 0.25) is 0 Å². The monoisotopic (exact) mass is 296 g/mol. The van der Waals surface area contributed by atoms with Crippen LogP contribution in [0, 0.1) is 0 Å². The smallest absolute Gasteiger partial charge is 0.315 e. The van der Waals surface area contributed by atoms with E-state index in [4.69, 9.17) is 0 Å². The van der Waals surface area contributed by atoms with E-state index < -0.39 is 0 Å². The second-order valence-electron chi connectivity index (χ2n) is 5.53. The Morgan fingerprint density at radius 1 is 1.14 bits per heavy atom. The molecule has 1 aliphatic rings. The van der Waals surface area contributed by atoms with E-state index >= 15 is 0 Å². The number of carbonyl (C=O) groups excluding carboxylic acids is 1. The van der Waals surface area contributed by atoms with E-state index in [1.54, 1.807) is 12.3 Å². The van der Waals surface area contributed by atoms with E-state index in [2.05, 4.69) is 34.4 Å². The molecule has 1 saturated heterocycles. The first-order valence-electron chi connectivity index (χ1n) is 7.46. The molecule has 22 heavy (non-hydrogen) atoms. The second-order valence-corrected chi connectivity index (χ2v) is 5.53. The van der Waals surface area contributed by atoms with Crippen LogP contribution in [-0.2, 0) is 0 Å². The SMILES string of the molecule is CN1CCN(C(=O)Nc2ccccn2)C(c2ccccc2)C1. The molecule has 0 saturated carbocycles. The van der Waals surface area contributed by atoms with Crippen molar-refractivity contribution in [2.24, 2.45) is 0 Å². The number of pyridine rings is 1. The Bertz CT molecular complexity index is 617. The van der Waals surface area contributed by atoms with Gasteiger partial charge < -0.3 is 9.80 Å². The number of aromatic nitrogens is 1. The molecule has 5 nitrogen and oxygen atoms in total. The van der Waals surface area contributed by atoms with Crippen molar-refractivity contribution in [1.29, 1.82) is 0 Å². The van der Waals surface area contributed by atoms with Gasteiger partial charge in [-0.15, -0.1) is 0 Å². The molecule has 114 valence electrons. The molecule has 1 aromatic carbocycles. The van der Waals surface area contributed by atoms with Crippen molar-refractivity contribution in [2.45, 2.75) is 6.04 Å². The normalized spacial score (nSPS) is 19.0. The van der Waals surface area contributed by atoms with Crippen molar-refractivity contribution in [2.75, 3.05) is 32.0 Å². The maximum absolute atomic E-state index is 12.6. The van der Waals surface area contributed by atoms with Crippen molar-refractivity contribution in [3.05, 3.63) is 60.3 Å². The minimum Gasteiger partial charge on any atom is -0.315 e. The van der Waals surface area contributed by atoms with Crippen LogP contribution in [0.2, 0.25) is 0 Å². The highest BCUT2D eigenvalue weighted by Gasteiger charge is 2.30. The lowest BCUT2D eigenvalue weighted by molar-refractivity contribution is 0.116. The van der Waals surface area contributed by atoms with Crippen LogP contribution in [0.1, 0.15) is 11.6 Å². The van der Waals surface area contributed by atoms with Gasteiger partial charge in [-0.25, -0.2) is 9.78 Å². The van der Waals surface area contributed by atoms with Gasteiger partial charge in [-0.3, -0.25) is 5.32 Å². The Morgan fingerprint density at radius 2 is 1.91 bits per heavy atom. The third kappa shape index (κ3) is 3.26. The number of benzene rings is 1. The minimum absolute atomic E-state index is 0.0589. The number of nitrogens with zero attached hydrogens (tertiary/aromatic N) is 3. The summed E-state index contributed by atoms with van der Waals surface area (Å²) in [5.41, 5.74) is 1.16. The Labute approximate surface area is 130 Å². The number of amides is 2. The average Bonchev–Trinajstić information content (AvgIpc) is 2.56. The van der Waals surface area contributed by atoms with Gasteiger partial charge in [0, 0.05) is 25.8 Å². The highest BCUT2D eigenvalue weighted by Crippen LogP contribution is 2.25. The average molecular weight is 296 g/mol. The van der Waals surface area contributed by atoms with Crippen LogP contribution in [0.15, 0.2) is 54.7 Å². The molecule has 3 rings (SSSR count). The number of nitrogens with one attached hydrogen (secondary N) is 1. The van der Waals surface area contributed by atoms with Crippen molar-refractivity contribution in [3.63, 3.8) is 0 Å². The van der Waals surface area contributed by atoms with E-state index in [0.29, 0.717) is 12.4 Å². The van der Waals surface area contributed by atoms with Crippen molar-refractivity contribution < 1.29 is 4.79 Å². The summed E-state index contributed by atoms with van der Waals surface area (Å²) >= 11 is 0. The van der Waals surface area contributed by atoms with E-state index in [1.165, 1.54) is 0 Å². The Kier molecular flexibility index (Phi) is 4.34. The third-order valence-electron chi connectivity index (χ3n) is 3.93. The highest BCUT2D eigenvalue weighted by molar-refractivity contribution is 5.88. The summed E-state index contributed by atoms with van der Waals surface area (Å²) in [6, 6.07) is 15.6. The third-order valence-corrected chi connectivity index (χ3v) is 3.93. The Balaban J connectivity index is 1.79. The molecule has 0 aliphatic carbocycles. The van der Waals surface area contributed by atoms with Crippen LogP contribution in [0.5, 0.6) is 0 Å². The number of hydrogen-bond donors (Lipinski definition) is 1. The summed E-state index contributed by atoms with van der Waals surface area (Å²) < 4.78 is 0. The summed E-state index contributed by atoms with van der Waals surface area (Å²) in [5, 5.41) is 2.88. The molecule has 1 aliphatic heterocycles. The molecular weight excluding hydrogens is 276 g/mol. The fourth-order valence-corrected chi connectivity index (χ4v) is 2.74. The quantitative estimate of drug-likeness (QED) is 0.926. The molecule has 0 spiro atoms. The first-order chi connectivity index (χ1) is 10.7. The van der Waals surface area contributed by atoms with E-state index in [0.717, 1.165) is 18.7 Å². The van der Waals surface area contributed by atoms with Crippen molar-refractivity contribution in [1.82, 2.24) is 14.8 Å². The molecule has 1 N–H and O–H groups in total. The van der Waals surface area contributed by atoms with Crippen LogP contribution in [0.3, 0.4) is 0 Å². The van der Waals surface area contributed by atoms with E-state index in [1.807, 2.05) is 35.2 Å². The first kappa shape index (κ1) is 14.5. The van der Waals surface area contributed by atoms with E-state index in [9.17, 15) is 4.79 Å². The standard InChI is InChI=1S/C17H20N4O/c1-20-11-12-21(15(13-20)14-7-3-2-4-8-14)17(22)19-16-9-5-6-10-18-16/h2-10,15H,11-13H2,1H3,(H,18,19,22). The molecule has 1 atom stereocenters. The molecule has 1 aromatic heterocycles. The second kappa shape index (κ2) is 6.58. The largest absolute Gasteiger partial charge is 0.323 e. The van der Waals surface area contributed by atoms with E-state index in [-0.39, 0.29) is 12.1 Å². The summed E-state index contributed by atoms with van der Waals surface area (Å²) in [4.78, 5) is 20.9. The zero-order chi connectivity index (χ0) is 15.4. The number of piperazine rings is 1. The molecule has 1 unspecified atom stereocenters. The minimum atomic E-state index is -0.0966.